The maximum absolute atomic E-state index is 9.83. The van der Waals surface area contributed by atoms with Gasteiger partial charge in [0.1, 0.15) is 0 Å². The minimum Gasteiger partial charge on any atom is -0.211 e. The number of carbonyl (C=O) groups excluding carboxylic acids is 1. The molecule has 1 aromatic rings. The largest absolute Gasteiger partial charge is 0.236 e. The van der Waals surface area contributed by atoms with Crippen molar-refractivity contribution in [2.45, 2.75) is 6.04 Å². The molecule has 1 atom stereocenters. The molecule has 54 valence electrons. The number of hydrogen-bond acceptors (Lipinski definition) is 4. The molecule has 0 saturated carbocycles. The van der Waals surface area contributed by atoms with Crippen LogP contribution >= 0.6 is 11.3 Å². The maximum Gasteiger partial charge on any atom is 0.236 e. The molecule has 1 heterocycles. The highest BCUT2D eigenvalue weighted by molar-refractivity contribution is 7.08. The van der Waals surface area contributed by atoms with Crippen molar-refractivity contribution in [3.8, 4) is 6.07 Å². The predicted molar refractivity (Wildman–Crippen MR) is 40.8 cm³/mol. The van der Waals surface area contributed by atoms with Crippen LogP contribution in [0.1, 0.15) is 11.6 Å². The molecule has 0 aliphatic heterocycles. The molecule has 0 spiro atoms. The Morgan fingerprint density at radius 2 is 2.55 bits per heavy atom. The Kier molecular flexibility index (Phi) is 2.56. The molecular weight excluding hydrogens is 160 g/mol. The van der Waals surface area contributed by atoms with Gasteiger partial charge in [0, 0.05) is 5.56 Å². The molecule has 1 aromatic heterocycles. The summed E-state index contributed by atoms with van der Waals surface area (Å²) in [6.45, 7) is 0. The molecule has 11 heavy (non-hydrogen) atoms. The molecule has 4 heteroatoms. The second kappa shape index (κ2) is 3.67. The SMILES string of the molecule is N#CC(N=C=O)c1ccsc1. The molecule has 3 nitrogen and oxygen atoms in total. The minimum absolute atomic E-state index is 0.682. The molecule has 0 N–H and O–H groups in total. The summed E-state index contributed by atoms with van der Waals surface area (Å²) in [4.78, 5) is 13.2. The van der Waals surface area contributed by atoms with Crippen LogP contribution in [0.25, 0.3) is 0 Å². The van der Waals surface area contributed by atoms with E-state index in [9.17, 15) is 4.79 Å². The van der Waals surface area contributed by atoms with Gasteiger partial charge in [0.15, 0.2) is 6.04 Å². The van der Waals surface area contributed by atoms with Crippen LogP contribution in [0.5, 0.6) is 0 Å². The first-order valence-corrected chi connectivity index (χ1v) is 3.81. The van der Waals surface area contributed by atoms with Gasteiger partial charge in [-0.3, -0.25) is 0 Å². The van der Waals surface area contributed by atoms with Crippen LogP contribution in [0, 0.1) is 11.3 Å². The number of isocyanates is 1. The molecule has 1 unspecified atom stereocenters. The number of nitrogens with zero attached hydrogens (tertiary/aromatic N) is 2. The normalized spacial score (nSPS) is 11.2. The van der Waals surface area contributed by atoms with Gasteiger partial charge >= 0.3 is 0 Å². The lowest BCUT2D eigenvalue weighted by Gasteiger charge is -1.93. The first-order chi connectivity index (χ1) is 5.38. The van der Waals surface area contributed by atoms with Crippen LogP contribution in [-0.4, -0.2) is 6.08 Å². The summed E-state index contributed by atoms with van der Waals surface area (Å²) < 4.78 is 0. The molecule has 1 rings (SSSR count). The third kappa shape index (κ3) is 1.74. The van der Waals surface area contributed by atoms with Crippen LogP contribution in [0.15, 0.2) is 21.8 Å². The van der Waals surface area contributed by atoms with Crippen LogP contribution in [0.4, 0.5) is 0 Å². The van der Waals surface area contributed by atoms with E-state index in [-0.39, 0.29) is 0 Å². The van der Waals surface area contributed by atoms with E-state index < -0.39 is 6.04 Å². The van der Waals surface area contributed by atoms with E-state index in [1.807, 2.05) is 11.4 Å². The molecule has 0 aliphatic carbocycles. The lowest BCUT2D eigenvalue weighted by Crippen LogP contribution is -1.86. The fourth-order valence-electron chi connectivity index (χ4n) is 0.661. The molecule has 0 fully saturated rings. The van der Waals surface area contributed by atoms with Crippen LogP contribution < -0.4 is 0 Å². The lowest BCUT2D eigenvalue weighted by molar-refractivity contribution is 0.561. The van der Waals surface area contributed by atoms with E-state index in [1.54, 1.807) is 11.4 Å². The molecule has 0 amide bonds. The second-order valence-corrected chi connectivity index (χ2v) is 2.59. The smallest absolute Gasteiger partial charge is 0.211 e. The molecule has 0 radical (unpaired) electrons. The topological polar surface area (TPSA) is 53.2 Å². The van der Waals surface area contributed by atoms with Gasteiger partial charge in [0.2, 0.25) is 6.08 Å². The maximum atomic E-state index is 9.83. The number of aliphatic imine (C=N–C) groups is 1. The zero-order valence-electron chi connectivity index (χ0n) is 5.52. The van der Waals surface area contributed by atoms with Gasteiger partial charge < -0.3 is 0 Å². The zero-order chi connectivity index (χ0) is 8.10. The summed E-state index contributed by atoms with van der Waals surface area (Å²) >= 11 is 1.47. The summed E-state index contributed by atoms with van der Waals surface area (Å²) in [5, 5.41) is 12.1. The zero-order valence-corrected chi connectivity index (χ0v) is 6.34. The third-order valence-electron chi connectivity index (χ3n) is 1.16. The van der Waals surface area contributed by atoms with Crippen molar-refractivity contribution < 1.29 is 4.79 Å². The van der Waals surface area contributed by atoms with Crippen molar-refractivity contribution >= 4 is 17.4 Å². The van der Waals surface area contributed by atoms with Crippen molar-refractivity contribution in [2.24, 2.45) is 4.99 Å². The average molecular weight is 164 g/mol. The summed E-state index contributed by atoms with van der Waals surface area (Å²) in [6.07, 6.45) is 1.36. The monoisotopic (exact) mass is 164 g/mol. The molecular formula is C7H4N2OS. The lowest BCUT2D eigenvalue weighted by atomic mass is 10.2. The van der Waals surface area contributed by atoms with Gasteiger partial charge in [0.05, 0.1) is 6.07 Å². The Labute approximate surface area is 67.6 Å². The van der Waals surface area contributed by atoms with Gasteiger partial charge in [-0.15, -0.1) is 0 Å². The summed E-state index contributed by atoms with van der Waals surface area (Å²) in [7, 11) is 0. The standard InChI is InChI=1S/C7H4N2OS/c8-3-7(9-5-10)6-1-2-11-4-6/h1-2,4,7H. The molecule has 0 aliphatic rings. The van der Waals surface area contributed by atoms with Crippen molar-refractivity contribution in [1.82, 2.24) is 0 Å². The summed E-state index contributed by atoms with van der Waals surface area (Å²) in [6, 6.07) is 2.96. The van der Waals surface area contributed by atoms with Crippen molar-refractivity contribution in [2.75, 3.05) is 0 Å². The highest BCUT2D eigenvalue weighted by Crippen LogP contribution is 2.18. The third-order valence-corrected chi connectivity index (χ3v) is 1.86. The predicted octanol–water partition coefficient (Wildman–Crippen LogP) is 1.65. The number of nitriles is 1. The number of hydrogen-bond donors (Lipinski definition) is 0. The van der Waals surface area contributed by atoms with Crippen LogP contribution in [-0.2, 0) is 4.79 Å². The van der Waals surface area contributed by atoms with Gasteiger partial charge in [-0.25, -0.2) is 4.79 Å². The van der Waals surface area contributed by atoms with Gasteiger partial charge in [-0.1, -0.05) is 0 Å². The Morgan fingerprint density at radius 3 is 3.00 bits per heavy atom. The second-order valence-electron chi connectivity index (χ2n) is 1.81. The van der Waals surface area contributed by atoms with Gasteiger partial charge in [-0.2, -0.15) is 21.6 Å². The number of rotatable bonds is 2. The van der Waals surface area contributed by atoms with E-state index in [0.717, 1.165) is 5.56 Å². The van der Waals surface area contributed by atoms with Gasteiger partial charge in [-0.05, 0) is 16.8 Å². The van der Waals surface area contributed by atoms with Crippen LogP contribution in [0.2, 0.25) is 0 Å². The van der Waals surface area contributed by atoms with E-state index in [0.29, 0.717) is 0 Å². The van der Waals surface area contributed by atoms with Crippen molar-refractivity contribution in [1.29, 1.82) is 5.26 Å². The van der Waals surface area contributed by atoms with E-state index in [1.165, 1.54) is 17.4 Å². The first kappa shape index (κ1) is 7.67. The Bertz CT molecular complexity index is 306. The fourth-order valence-corrected chi connectivity index (χ4v) is 1.34. The first-order valence-electron chi connectivity index (χ1n) is 2.87. The minimum atomic E-state index is -0.682. The molecule has 0 bridgehead atoms. The van der Waals surface area contributed by atoms with Crippen LogP contribution in [0.3, 0.4) is 0 Å². The van der Waals surface area contributed by atoms with E-state index in [2.05, 4.69) is 4.99 Å². The van der Waals surface area contributed by atoms with Crippen molar-refractivity contribution in [3.05, 3.63) is 22.4 Å². The van der Waals surface area contributed by atoms with E-state index in [4.69, 9.17) is 5.26 Å². The Balaban J connectivity index is 2.90. The van der Waals surface area contributed by atoms with Gasteiger partial charge in [0.25, 0.3) is 0 Å². The highest BCUT2D eigenvalue weighted by atomic mass is 32.1. The molecule has 0 saturated heterocycles. The fraction of sp³-hybridized carbons (Fsp3) is 0.143. The quantitative estimate of drug-likeness (QED) is 0.493. The van der Waals surface area contributed by atoms with Crippen molar-refractivity contribution in [3.63, 3.8) is 0 Å². The summed E-state index contributed by atoms with van der Waals surface area (Å²) in [5.74, 6) is 0. The Hall–Kier alpha value is -1.43. The average Bonchev–Trinajstić information content (AvgIpc) is 2.52. The Morgan fingerprint density at radius 1 is 1.73 bits per heavy atom. The highest BCUT2D eigenvalue weighted by Gasteiger charge is 2.07. The molecule has 0 aromatic carbocycles. The summed E-state index contributed by atoms with van der Waals surface area (Å²) in [5.41, 5.74) is 0.751. The van der Waals surface area contributed by atoms with E-state index >= 15 is 0 Å². The number of thiophene rings is 1.